The van der Waals surface area contributed by atoms with E-state index >= 15 is 0 Å². The van der Waals surface area contributed by atoms with Crippen LogP contribution in [0.4, 0.5) is 0 Å². The van der Waals surface area contributed by atoms with Gasteiger partial charge in [0.2, 0.25) is 0 Å². The van der Waals surface area contributed by atoms with Gasteiger partial charge in [0.1, 0.15) is 22.9 Å². The Kier molecular flexibility index (Phi) is 3.77. The Labute approximate surface area is 148 Å². The fraction of sp³-hybridized carbons (Fsp3) is 0.118. The van der Waals surface area contributed by atoms with Crippen LogP contribution in [0.1, 0.15) is 0 Å². The Morgan fingerprint density at radius 2 is 1.96 bits per heavy atom. The number of nitrogens with zero attached hydrogens (tertiary/aromatic N) is 6. The summed E-state index contributed by atoms with van der Waals surface area (Å²) in [5, 5.41) is 14.8. The number of ether oxygens (including phenoxy) is 1. The molecular formula is C17H13ClN6O. The molecule has 0 saturated heterocycles. The summed E-state index contributed by atoms with van der Waals surface area (Å²) in [5.74, 6) is 1.21. The zero-order valence-corrected chi connectivity index (χ0v) is 14.3. The minimum Gasteiger partial charge on any atom is -0.495 e. The first-order chi connectivity index (χ1) is 12.2. The number of aromatic nitrogens is 6. The van der Waals surface area contributed by atoms with Crippen molar-refractivity contribution in [3.63, 3.8) is 0 Å². The molecule has 0 aliphatic carbocycles. The molecule has 25 heavy (non-hydrogen) atoms. The third-order valence-corrected chi connectivity index (χ3v) is 4.03. The average molecular weight is 353 g/mol. The maximum atomic E-state index is 6.07. The van der Waals surface area contributed by atoms with Gasteiger partial charge < -0.3 is 4.74 Å². The topological polar surface area (TPSA) is 78.6 Å². The van der Waals surface area contributed by atoms with Gasteiger partial charge in [0.25, 0.3) is 0 Å². The van der Waals surface area contributed by atoms with Crippen molar-refractivity contribution in [1.29, 1.82) is 0 Å². The van der Waals surface area contributed by atoms with Crippen molar-refractivity contribution in [2.75, 3.05) is 7.11 Å². The second-order valence-electron chi connectivity index (χ2n) is 5.42. The summed E-state index contributed by atoms with van der Waals surface area (Å²) in [5.41, 5.74) is 2.23. The van der Waals surface area contributed by atoms with Gasteiger partial charge in [-0.2, -0.15) is 10.2 Å². The molecule has 0 atom stereocenters. The van der Waals surface area contributed by atoms with E-state index in [-0.39, 0.29) is 0 Å². The van der Waals surface area contributed by atoms with Crippen molar-refractivity contribution in [3.05, 3.63) is 48.1 Å². The minimum atomic E-state index is 0.392. The van der Waals surface area contributed by atoms with Gasteiger partial charge >= 0.3 is 0 Å². The Morgan fingerprint density at radius 3 is 2.72 bits per heavy atom. The molecule has 4 aromatic rings. The highest BCUT2D eigenvalue weighted by Crippen LogP contribution is 2.39. The van der Waals surface area contributed by atoms with Crippen LogP contribution in [0.2, 0.25) is 5.15 Å². The average Bonchev–Trinajstić information content (AvgIpc) is 3.06. The Bertz CT molecular complexity index is 1080. The normalized spacial score (nSPS) is 11.0. The van der Waals surface area contributed by atoms with Gasteiger partial charge in [-0.25, -0.2) is 9.97 Å². The quantitative estimate of drug-likeness (QED) is 0.527. The summed E-state index contributed by atoms with van der Waals surface area (Å²) in [7, 11) is 3.43. The van der Waals surface area contributed by atoms with Crippen LogP contribution in [0.15, 0.2) is 43.0 Å². The molecule has 0 saturated carbocycles. The monoisotopic (exact) mass is 352 g/mol. The van der Waals surface area contributed by atoms with Crippen LogP contribution < -0.4 is 4.74 Å². The van der Waals surface area contributed by atoms with Crippen LogP contribution in [0.5, 0.6) is 5.75 Å². The predicted octanol–water partition coefficient (Wildman–Crippen LogP) is 3.15. The van der Waals surface area contributed by atoms with Crippen molar-refractivity contribution in [3.8, 4) is 28.4 Å². The molecule has 7 nitrogen and oxygen atoms in total. The van der Waals surface area contributed by atoms with Crippen molar-refractivity contribution >= 4 is 22.4 Å². The summed E-state index contributed by atoms with van der Waals surface area (Å²) in [6.07, 6.45) is 4.97. The molecule has 0 radical (unpaired) electrons. The highest BCUT2D eigenvalue weighted by atomic mass is 35.5. The van der Waals surface area contributed by atoms with Crippen LogP contribution in [0.3, 0.4) is 0 Å². The molecule has 0 fully saturated rings. The highest BCUT2D eigenvalue weighted by molar-refractivity contribution is 6.30. The van der Waals surface area contributed by atoms with E-state index in [0.29, 0.717) is 22.4 Å². The van der Waals surface area contributed by atoms with Gasteiger partial charge in [-0.1, -0.05) is 17.7 Å². The number of rotatable bonds is 3. The van der Waals surface area contributed by atoms with E-state index < -0.39 is 0 Å². The first-order valence-corrected chi connectivity index (χ1v) is 7.85. The molecule has 1 aromatic carbocycles. The lowest BCUT2D eigenvalue weighted by Crippen LogP contribution is -1.97. The van der Waals surface area contributed by atoms with Gasteiger partial charge in [0.15, 0.2) is 5.82 Å². The second kappa shape index (κ2) is 6.10. The number of para-hydroxylation sites is 1. The minimum absolute atomic E-state index is 0.392. The van der Waals surface area contributed by atoms with Crippen LogP contribution in [0.25, 0.3) is 33.4 Å². The lowest BCUT2D eigenvalue weighted by atomic mass is 10.0. The molecular weight excluding hydrogens is 340 g/mol. The summed E-state index contributed by atoms with van der Waals surface area (Å²) >= 11 is 6.07. The van der Waals surface area contributed by atoms with Crippen molar-refractivity contribution in [2.45, 2.75) is 0 Å². The predicted molar refractivity (Wildman–Crippen MR) is 94.3 cm³/mol. The summed E-state index contributed by atoms with van der Waals surface area (Å²) in [4.78, 5) is 8.41. The number of halogens is 1. The van der Waals surface area contributed by atoms with Gasteiger partial charge in [-0.15, -0.1) is 5.10 Å². The fourth-order valence-corrected chi connectivity index (χ4v) is 2.89. The maximum Gasteiger partial charge on any atom is 0.184 e. The summed E-state index contributed by atoms with van der Waals surface area (Å²) in [6.45, 7) is 0. The standard InChI is InChI=1S/C17H13ClN6O/c1-24-9-20-17(23-24)12-5-3-4-11(16(12)25-2)15-13-6-14(18)19-7-10(13)8-21-22-15/h3-9H,1-2H3. The van der Waals surface area contributed by atoms with E-state index in [1.807, 2.05) is 25.2 Å². The molecule has 0 aliphatic heterocycles. The van der Waals surface area contributed by atoms with Gasteiger partial charge in [-0.05, 0) is 18.2 Å². The molecule has 0 unspecified atom stereocenters. The van der Waals surface area contributed by atoms with Crippen molar-refractivity contribution < 1.29 is 4.74 Å². The highest BCUT2D eigenvalue weighted by Gasteiger charge is 2.18. The zero-order chi connectivity index (χ0) is 17.4. The number of benzene rings is 1. The van der Waals surface area contributed by atoms with E-state index in [4.69, 9.17) is 16.3 Å². The molecule has 124 valence electrons. The molecule has 3 heterocycles. The lowest BCUT2D eigenvalue weighted by Gasteiger charge is -2.12. The molecule has 3 aromatic heterocycles. The number of hydrogen-bond acceptors (Lipinski definition) is 6. The smallest absolute Gasteiger partial charge is 0.184 e. The van der Waals surface area contributed by atoms with Gasteiger partial charge in [0, 0.05) is 29.6 Å². The van der Waals surface area contributed by atoms with E-state index in [1.54, 1.807) is 36.6 Å². The van der Waals surface area contributed by atoms with E-state index in [9.17, 15) is 0 Å². The van der Waals surface area contributed by atoms with Gasteiger partial charge in [-0.3, -0.25) is 4.68 Å². The molecule has 0 N–H and O–H groups in total. The molecule has 8 heteroatoms. The third-order valence-electron chi connectivity index (χ3n) is 3.83. The van der Waals surface area contributed by atoms with Crippen molar-refractivity contribution in [2.24, 2.45) is 7.05 Å². The first-order valence-electron chi connectivity index (χ1n) is 7.47. The van der Waals surface area contributed by atoms with E-state index in [0.717, 1.165) is 21.9 Å². The van der Waals surface area contributed by atoms with Crippen LogP contribution >= 0.6 is 11.6 Å². The van der Waals surface area contributed by atoms with Gasteiger partial charge in [0.05, 0.1) is 18.9 Å². The first kappa shape index (κ1) is 15.5. The number of hydrogen-bond donors (Lipinski definition) is 0. The number of fused-ring (bicyclic) bond motifs is 1. The Balaban J connectivity index is 1.99. The fourth-order valence-electron chi connectivity index (χ4n) is 2.73. The third kappa shape index (κ3) is 2.68. The molecule has 0 aliphatic rings. The number of methoxy groups -OCH3 is 1. The summed E-state index contributed by atoms with van der Waals surface area (Å²) < 4.78 is 7.31. The Morgan fingerprint density at radius 1 is 1.12 bits per heavy atom. The van der Waals surface area contributed by atoms with Crippen LogP contribution in [0, 0.1) is 0 Å². The molecule has 0 bridgehead atoms. The molecule has 4 rings (SSSR count). The maximum absolute atomic E-state index is 6.07. The van der Waals surface area contributed by atoms with Crippen LogP contribution in [-0.4, -0.2) is 37.1 Å². The zero-order valence-electron chi connectivity index (χ0n) is 13.5. The van der Waals surface area contributed by atoms with E-state index in [1.165, 1.54) is 0 Å². The number of aryl methyl sites for hydroxylation is 1. The SMILES string of the molecule is COc1c(-c2ncn(C)n2)cccc1-c1nncc2cnc(Cl)cc12. The van der Waals surface area contributed by atoms with Crippen LogP contribution in [-0.2, 0) is 7.05 Å². The molecule has 0 amide bonds. The van der Waals surface area contributed by atoms with Crippen molar-refractivity contribution in [1.82, 2.24) is 29.9 Å². The van der Waals surface area contributed by atoms with E-state index in [2.05, 4.69) is 25.3 Å². The lowest BCUT2D eigenvalue weighted by molar-refractivity contribution is 0.417. The number of pyridine rings is 1. The largest absolute Gasteiger partial charge is 0.495 e. The second-order valence-corrected chi connectivity index (χ2v) is 5.80. The molecule has 0 spiro atoms. The summed E-state index contributed by atoms with van der Waals surface area (Å²) in [6, 6.07) is 7.51. The Hall–Kier alpha value is -3.06.